The number of halogens is 7. The molecule has 1 aliphatic carbocycles. The predicted octanol–water partition coefficient (Wildman–Crippen LogP) is 8.39. The fraction of sp³-hybridized carbons (Fsp3) is 0.167. The van der Waals surface area contributed by atoms with Crippen LogP contribution >= 0.6 is 69.6 Å². The van der Waals surface area contributed by atoms with Gasteiger partial charge in [0.15, 0.2) is 5.78 Å². The van der Waals surface area contributed by atoms with Gasteiger partial charge in [0, 0.05) is 23.6 Å². The van der Waals surface area contributed by atoms with E-state index in [9.17, 15) is 14.0 Å². The molecule has 0 aliphatic heterocycles. The average Bonchev–Trinajstić information content (AvgIpc) is 3.36. The van der Waals surface area contributed by atoms with E-state index in [1.54, 1.807) is 18.2 Å². The molecule has 4 rings (SSSR count). The van der Waals surface area contributed by atoms with E-state index in [2.05, 4.69) is 5.32 Å². The molecule has 176 valence electrons. The summed E-state index contributed by atoms with van der Waals surface area (Å²) >= 11 is 37.2. The van der Waals surface area contributed by atoms with Crippen molar-refractivity contribution in [1.29, 1.82) is 0 Å². The zero-order valence-corrected chi connectivity index (χ0v) is 21.6. The fourth-order valence-electron chi connectivity index (χ4n) is 3.74. The SMILES string of the molecule is O=C(Cc1ccc(F)cc1)c1cc(NC(=O)[C@H]2[C@H](c3cc(Cl)c(Cl)c(Cl)c3)C2(Cl)Cl)ccc1Cl. The number of alkyl halides is 2. The van der Waals surface area contributed by atoms with Crippen LogP contribution in [0.1, 0.15) is 27.4 Å². The van der Waals surface area contributed by atoms with Gasteiger partial charge >= 0.3 is 0 Å². The topological polar surface area (TPSA) is 46.2 Å². The van der Waals surface area contributed by atoms with Gasteiger partial charge in [0.2, 0.25) is 5.91 Å². The van der Waals surface area contributed by atoms with Gasteiger partial charge in [-0.05, 0) is 53.6 Å². The number of carbonyl (C=O) groups excluding carboxylic acids is 2. The molecule has 34 heavy (non-hydrogen) atoms. The Morgan fingerprint density at radius 1 is 0.882 bits per heavy atom. The maximum Gasteiger partial charge on any atom is 0.231 e. The van der Waals surface area contributed by atoms with Gasteiger partial charge in [0.05, 0.1) is 26.0 Å². The number of carbonyl (C=O) groups is 2. The second-order valence-electron chi connectivity index (χ2n) is 7.84. The molecule has 1 amide bonds. The first kappa shape index (κ1) is 25.6. The maximum absolute atomic E-state index is 13.1. The molecule has 1 aliphatic rings. The highest BCUT2D eigenvalue weighted by Gasteiger charge is 2.67. The van der Waals surface area contributed by atoms with E-state index in [-0.39, 0.29) is 37.9 Å². The summed E-state index contributed by atoms with van der Waals surface area (Å²) in [6.07, 6.45) is 0.0205. The highest BCUT2D eigenvalue weighted by atomic mass is 35.5. The zero-order valence-electron chi connectivity index (χ0n) is 17.0. The Balaban J connectivity index is 1.51. The van der Waals surface area contributed by atoms with Gasteiger partial charge in [-0.2, -0.15) is 0 Å². The Hall–Kier alpha value is -1.53. The lowest BCUT2D eigenvalue weighted by atomic mass is 10.0. The molecule has 0 aromatic heterocycles. The third-order valence-corrected chi connectivity index (χ3v) is 7.98. The van der Waals surface area contributed by atoms with E-state index in [0.29, 0.717) is 16.8 Å². The quantitative estimate of drug-likeness (QED) is 0.181. The third-order valence-electron chi connectivity index (χ3n) is 5.51. The number of nitrogens with one attached hydrogen (secondary N) is 1. The highest BCUT2D eigenvalue weighted by Crippen LogP contribution is 2.65. The first-order valence-electron chi connectivity index (χ1n) is 9.89. The smallest absolute Gasteiger partial charge is 0.231 e. The molecule has 3 aromatic rings. The summed E-state index contributed by atoms with van der Waals surface area (Å²) in [4.78, 5) is 25.7. The summed E-state index contributed by atoms with van der Waals surface area (Å²) < 4.78 is 11.7. The first-order chi connectivity index (χ1) is 16.0. The molecule has 0 unspecified atom stereocenters. The van der Waals surface area contributed by atoms with E-state index >= 15 is 0 Å². The molecule has 1 N–H and O–H groups in total. The molecular formula is C24H14Cl6FNO2. The molecule has 0 spiro atoms. The van der Waals surface area contributed by atoms with E-state index in [1.807, 2.05) is 0 Å². The van der Waals surface area contributed by atoms with Crippen molar-refractivity contribution < 1.29 is 14.0 Å². The van der Waals surface area contributed by atoms with Crippen molar-refractivity contribution in [3.8, 4) is 0 Å². The van der Waals surface area contributed by atoms with Gasteiger partial charge in [-0.15, -0.1) is 23.2 Å². The average molecular weight is 580 g/mol. The van der Waals surface area contributed by atoms with Crippen LogP contribution in [-0.2, 0) is 11.2 Å². The Morgan fingerprint density at radius 3 is 2.12 bits per heavy atom. The minimum absolute atomic E-state index is 0.0205. The zero-order chi connectivity index (χ0) is 24.8. The van der Waals surface area contributed by atoms with Crippen molar-refractivity contribution in [3.05, 3.63) is 97.2 Å². The first-order valence-corrected chi connectivity index (χ1v) is 12.2. The summed E-state index contributed by atoms with van der Waals surface area (Å²) in [6, 6.07) is 13.3. The van der Waals surface area contributed by atoms with Gasteiger partial charge in [-0.3, -0.25) is 9.59 Å². The molecule has 3 aromatic carbocycles. The Labute approximate surface area is 225 Å². The van der Waals surface area contributed by atoms with Crippen LogP contribution in [0.25, 0.3) is 0 Å². The van der Waals surface area contributed by atoms with E-state index in [0.717, 1.165) is 0 Å². The number of ketones is 1. The number of hydrogen-bond acceptors (Lipinski definition) is 2. The van der Waals surface area contributed by atoms with Crippen LogP contribution in [0.5, 0.6) is 0 Å². The molecule has 1 saturated carbocycles. The summed E-state index contributed by atoms with van der Waals surface area (Å²) in [6.45, 7) is 0. The molecule has 3 nitrogen and oxygen atoms in total. The monoisotopic (exact) mass is 577 g/mol. The van der Waals surface area contributed by atoms with Crippen LogP contribution in [0.3, 0.4) is 0 Å². The Bertz CT molecular complexity index is 1270. The van der Waals surface area contributed by atoms with Gasteiger partial charge in [0.25, 0.3) is 0 Å². The third kappa shape index (κ3) is 5.18. The molecule has 0 heterocycles. The van der Waals surface area contributed by atoms with Gasteiger partial charge < -0.3 is 5.32 Å². The van der Waals surface area contributed by atoms with Crippen molar-refractivity contribution in [3.63, 3.8) is 0 Å². The van der Waals surface area contributed by atoms with Crippen LogP contribution in [0.4, 0.5) is 10.1 Å². The Morgan fingerprint density at radius 2 is 1.50 bits per heavy atom. The molecular weight excluding hydrogens is 566 g/mol. The normalized spacial score (nSPS) is 18.4. The predicted molar refractivity (Wildman–Crippen MR) is 137 cm³/mol. The summed E-state index contributed by atoms with van der Waals surface area (Å²) in [7, 11) is 0. The lowest BCUT2D eigenvalue weighted by Crippen LogP contribution is -2.17. The summed E-state index contributed by atoms with van der Waals surface area (Å²) in [5, 5.41) is 3.60. The minimum Gasteiger partial charge on any atom is -0.326 e. The van der Waals surface area contributed by atoms with Crippen LogP contribution < -0.4 is 5.32 Å². The van der Waals surface area contributed by atoms with Crippen molar-refractivity contribution in [2.75, 3.05) is 5.32 Å². The molecule has 0 radical (unpaired) electrons. The molecule has 2 atom stereocenters. The summed E-state index contributed by atoms with van der Waals surface area (Å²) in [5.74, 6) is -2.48. The van der Waals surface area contributed by atoms with Crippen molar-refractivity contribution >= 4 is 87.0 Å². The minimum atomic E-state index is -1.38. The van der Waals surface area contributed by atoms with Gasteiger partial charge in [-0.25, -0.2) is 4.39 Å². The highest BCUT2D eigenvalue weighted by molar-refractivity contribution is 6.54. The van der Waals surface area contributed by atoms with Crippen molar-refractivity contribution in [2.24, 2.45) is 5.92 Å². The van der Waals surface area contributed by atoms with E-state index in [1.165, 1.54) is 36.4 Å². The standard InChI is InChI=1S/C24H14Cl6FNO2/c25-16-6-5-14(10-15(16)19(33)7-11-1-3-13(31)4-2-11)32-23(34)21-20(24(21,29)30)12-8-17(26)22(28)18(27)9-12/h1-6,8-10,20-21H,7H2,(H,32,34)/t20-,21+/m0/s1. The second kappa shape index (κ2) is 9.85. The van der Waals surface area contributed by atoms with E-state index in [4.69, 9.17) is 69.6 Å². The van der Waals surface area contributed by atoms with Gasteiger partial charge in [0.1, 0.15) is 10.2 Å². The number of rotatable bonds is 6. The summed E-state index contributed by atoms with van der Waals surface area (Å²) in [5.41, 5.74) is 1.78. The Kier molecular flexibility index (Phi) is 7.40. The fourth-order valence-corrected chi connectivity index (χ4v) is 5.41. The molecule has 0 saturated heterocycles. The number of amides is 1. The van der Waals surface area contributed by atoms with Crippen molar-refractivity contribution in [2.45, 2.75) is 16.7 Å². The van der Waals surface area contributed by atoms with Crippen LogP contribution in [0.2, 0.25) is 20.1 Å². The number of hydrogen-bond donors (Lipinski definition) is 1. The molecule has 0 bridgehead atoms. The lowest BCUT2D eigenvalue weighted by Gasteiger charge is -2.09. The van der Waals surface area contributed by atoms with Gasteiger partial charge in [-0.1, -0.05) is 58.5 Å². The van der Waals surface area contributed by atoms with Crippen molar-refractivity contribution in [1.82, 2.24) is 0 Å². The number of anilines is 1. The van der Waals surface area contributed by atoms with Crippen LogP contribution in [-0.4, -0.2) is 16.0 Å². The molecule has 10 heteroatoms. The second-order valence-corrected chi connectivity index (χ2v) is 10.9. The number of Topliss-reactive ketones (excluding diaryl/α,β-unsaturated/α-hetero) is 1. The molecule has 1 fully saturated rings. The van der Waals surface area contributed by atoms with E-state index < -0.39 is 27.9 Å². The maximum atomic E-state index is 13.1. The lowest BCUT2D eigenvalue weighted by molar-refractivity contribution is -0.117. The van der Waals surface area contributed by atoms with Crippen LogP contribution in [0.15, 0.2) is 54.6 Å². The van der Waals surface area contributed by atoms with Crippen LogP contribution in [0, 0.1) is 11.7 Å². The largest absolute Gasteiger partial charge is 0.326 e. The number of benzene rings is 3.